The second-order valence-corrected chi connectivity index (χ2v) is 15.9. The number of allylic oxidation sites excluding steroid dienone is 1. The van der Waals surface area contributed by atoms with Gasteiger partial charge in [0.25, 0.3) is 0 Å². The van der Waals surface area contributed by atoms with Crippen LogP contribution in [0.15, 0.2) is 90.1 Å². The molecule has 2 fully saturated rings. The number of hydrogen-bond donors (Lipinski definition) is 2. The number of amides is 1. The third-order valence-electron chi connectivity index (χ3n) is 12.0. The van der Waals surface area contributed by atoms with E-state index in [1.165, 1.54) is 12.1 Å². The number of nitrogens with zero attached hydrogens (tertiary/aromatic N) is 3. The van der Waals surface area contributed by atoms with Crippen molar-refractivity contribution in [1.82, 2.24) is 9.88 Å². The molecule has 1 aliphatic heterocycles. The van der Waals surface area contributed by atoms with Gasteiger partial charge in [0, 0.05) is 49.3 Å². The molecule has 2 saturated carbocycles. The summed E-state index contributed by atoms with van der Waals surface area (Å²) in [5.74, 6) is -0.901. The number of oxime groups is 1. The van der Waals surface area contributed by atoms with Gasteiger partial charge in [0.1, 0.15) is 37.1 Å². The number of pyridine rings is 1. The summed E-state index contributed by atoms with van der Waals surface area (Å²) in [6, 6.07) is 17.5. The molecule has 6 unspecified atom stereocenters. The number of aliphatic hydroxyl groups excluding tert-OH is 2. The van der Waals surface area contributed by atoms with Gasteiger partial charge in [-0.2, -0.15) is 0 Å². The largest absolute Gasteiger partial charge is 0.487 e. The lowest BCUT2D eigenvalue weighted by Crippen LogP contribution is -2.70. The number of rotatable bonds is 19. The Labute approximate surface area is 335 Å². The fraction of sp³-hybridized carbons (Fsp3) is 0.500. The van der Waals surface area contributed by atoms with E-state index in [0.717, 1.165) is 72.3 Å². The Balaban J connectivity index is 1.41. The first-order valence-electron chi connectivity index (χ1n) is 20.5. The molecule has 304 valence electrons. The Bertz CT molecular complexity index is 1930. The minimum atomic E-state index is -1.37. The number of aryl methyl sites for hydroxylation is 1. The van der Waals surface area contributed by atoms with E-state index in [2.05, 4.69) is 28.9 Å². The van der Waals surface area contributed by atoms with Gasteiger partial charge in [0.05, 0.1) is 23.9 Å². The SMILES string of the molecule is C=CCOC12Oc3ccc(OCc4cccc(C)n4)cc3C3C(CCCCO)C(CCCCO)C=C(C(=NOC)CC1N(Cc1ccc(F)cc1)C(=O)C1CC1)C32. The Hall–Kier alpha value is -4.58. The van der Waals surface area contributed by atoms with Crippen molar-refractivity contribution < 1.29 is 38.4 Å². The van der Waals surface area contributed by atoms with Gasteiger partial charge in [-0.05, 0) is 111 Å². The number of carbonyl (C=O) groups excluding carboxylic acids is 1. The summed E-state index contributed by atoms with van der Waals surface area (Å²) >= 11 is 0. The van der Waals surface area contributed by atoms with E-state index in [1.807, 2.05) is 42.2 Å². The average molecular weight is 782 g/mol. The lowest BCUT2D eigenvalue weighted by atomic mass is 9.55. The second-order valence-electron chi connectivity index (χ2n) is 15.9. The van der Waals surface area contributed by atoms with Crippen molar-refractivity contribution in [3.8, 4) is 11.5 Å². The molecule has 11 heteroatoms. The summed E-state index contributed by atoms with van der Waals surface area (Å²) in [6.45, 7) is 6.89. The maximum Gasteiger partial charge on any atom is 0.239 e. The Kier molecular flexibility index (Phi) is 13.1. The van der Waals surface area contributed by atoms with E-state index in [0.29, 0.717) is 37.4 Å². The minimum absolute atomic E-state index is 0.00624. The minimum Gasteiger partial charge on any atom is -0.487 e. The molecule has 57 heavy (non-hydrogen) atoms. The molecule has 3 aliphatic carbocycles. The van der Waals surface area contributed by atoms with Crippen molar-refractivity contribution in [3.63, 3.8) is 0 Å². The molecule has 2 heterocycles. The van der Waals surface area contributed by atoms with Gasteiger partial charge in [-0.25, -0.2) is 4.39 Å². The number of unbranched alkanes of at least 4 members (excludes halogenated alkanes) is 2. The quantitative estimate of drug-likeness (QED) is 0.0718. The van der Waals surface area contributed by atoms with E-state index in [9.17, 15) is 19.4 Å². The predicted molar refractivity (Wildman–Crippen MR) is 215 cm³/mol. The highest BCUT2D eigenvalue weighted by Crippen LogP contribution is 2.62. The van der Waals surface area contributed by atoms with Crippen molar-refractivity contribution in [2.45, 2.75) is 95.6 Å². The molecule has 1 aromatic heterocycles. The fourth-order valence-electron chi connectivity index (χ4n) is 9.38. The smallest absolute Gasteiger partial charge is 0.239 e. The fourth-order valence-corrected chi connectivity index (χ4v) is 9.38. The van der Waals surface area contributed by atoms with E-state index < -0.39 is 17.7 Å². The summed E-state index contributed by atoms with van der Waals surface area (Å²) in [4.78, 5) is 26.7. The molecular weight excluding hydrogens is 726 g/mol. The number of fused-ring (bicyclic) bond motifs is 2. The van der Waals surface area contributed by atoms with Crippen LogP contribution in [-0.4, -0.2) is 70.5 Å². The molecule has 0 spiro atoms. The maximum atomic E-state index is 14.6. The average Bonchev–Trinajstić information content (AvgIpc) is 4.07. The summed E-state index contributed by atoms with van der Waals surface area (Å²) in [7, 11) is 1.54. The highest BCUT2D eigenvalue weighted by Gasteiger charge is 2.66. The molecule has 2 aromatic carbocycles. The monoisotopic (exact) mass is 781 g/mol. The zero-order valence-electron chi connectivity index (χ0n) is 33.2. The summed E-state index contributed by atoms with van der Waals surface area (Å²) in [5, 5.41) is 24.4. The van der Waals surface area contributed by atoms with Crippen LogP contribution in [0.2, 0.25) is 0 Å². The molecule has 1 amide bonds. The highest BCUT2D eigenvalue weighted by molar-refractivity contribution is 6.03. The van der Waals surface area contributed by atoms with Gasteiger partial charge < -0.3 is 34.2 Å². The number of carbonyl (C=O) groups is 1. The van der Waals surface area contributed by atoms with Gasteiger partial charge >= 0.3 is 0 Å². The lowest BCUT2D eigenvalue weighted by Gasteiger charge is -2.60. The van der Waals surface area contributed by atoms with Gasteiger partial charge in [-0.3, -0.25) is 9.78 Å². The first-order chi connectivity index (χ1) is 27.8. The van der Waals surface area contributed by atoms with E-state index >= 15 is 0 Å². The number of halogens is 1. The molecule has 0 radical (unpaired) electrons. The van der Waals surface area contributed by atoms with Crippen LogP contribution < -0.4 is 9.47 Å². The number of aliphatic hydroxyl groups is 2. The number of ether oxygens (including phenoxy) is 3. The van der Waals surface area contributed by atoms with E-state index in [-0.39, 0.29) is 61.8 Å². The van der Waals surface area contributed by atoms with E-state index in [1.54, 1.807) is 25.3 Å². The van der Waals surface area contributed by atoms with Gasteiger partial charge in [0.15, 0.2) is 0 Å². The molecule has 7 rings (SSSR count). The first kappa shape index (κ1) is 40.6. The van der Waals surface area contributed by atoms with E-state index in [4.69, 9.17) is 19.0 Å². The Morgan fingerprint density at radius 3 is 2.54 bits per heavy atom. The number of aromatic nitrogens is 1. The van der Waals surface area contributed by atoms with Crippen LogP contribution in [0.5, 0.6) is 11.5 Å². The molecule has 0 bridgehead atoms. The van der Waals surface area contributed by atoms with Crippen molar-refractivity contribution in [2.24, 2.45) is 28.8 Å². The zero-order chi connectivity index (χ0) is 39.9. The van der Waals surface area contributed by atoms with Gasteiger partial charge in [0.2, 0.25) is 11.7 Å². The lowest BCUT2D eigenvalue weighted by molar-refractivity contribution is -0.258. The molecule has 3 aromatic rings. The van der Waals surface area contributed by atoms with Crippen LogP contribution in [0.3, 0.4) is 0 Å². The van der Waals surface area contributed by atoms with Crippen LogP contribution in [0.4, 0.5) is 4.39 Å². The topological polar surface area (TPSA) is 123 Å². The van der Waals surface area contributed by atoms with Crippen molar-refractivity contribution in [3.05, 3.63) is 113 Å². The summed E-state index contributed by atoms with van der Waals surface area (Å²) < 4.78 is 35.0. The van der Waals surface area contributed by atoms with Crippen molar-refractivity contribution in [2.75, 3.05) is 26.9 Å². The van der Waals surface area contributed by atoms with Crippen LogP contribution in [0, 0.1) is 36.4 Å². The Morgan fingerprint density at radius 2 is 1.84 bits per heavy atom. The number of hydrogen-bond acceptors (Lipinski definition) is 9. The zero-order valence-corrected chi connectivity index (χ0v) is 33.2. The van der Waals surface area contributed by atoms with Gasteiger partial charge in [-0.1, -0.05) is 48.3 Å². The number of benzene rings is 2. The molecular formula is C46H56FN3O7. The summed E-state index contributed by atoms with van der Waals surface area (Å²) in [6.07, 6.45) is 10.6. The highest BCUT2D eigenvalue weighted by atomic mass is 19.1. The molecule has 2 N–H and O–H groups in total. The molecule has 6 atom stereocenters. The summed E-state index contributed by atoms with van der Waals surface area (Å²) in [5.41, 5.74) is 5.22. The maximum absolute atomic E-state index is 14.6. The van der Waals surface area contributed by atoms with Crippen molar-refractivity contribution >= 4 is 11.6 Å². The Morgan fingerprint density at radius 1 is 1.07 bits per heavy atom. The predicted octanol–water partition coefficient (Wildman–Crippen LogP) is 7.81. The molecule has 10 nitrogen and oxygen atoms in total. The van der Waals surface area contributed by atoms with Crippen LogP contribution in [0.25, 0.3) is 0 Å². The van der Waals surface area contributed by atoms with Crippen molar-refractivity contribution in [1.29, 1.82) is 0 Å². The molecule has 0 saturated heterocycles. The first-order valence-corrected chi connectivity index (χ1v) is 20.5. The normalized spacial score (nSPS) is 25.5. The van der Waals surface area contributed by atoms with Gasteiger partial charge in [-0.15, -0.1) is 6.58 Å². The molecule has 4 aliphatic rings. The van der Waals surface area contributed by atoms with Crippen LogP contribution >= 0.6 is 0 Å². The second kappa shape index (κ2) is 18.3. The third kappa shape index (κ3) is 8.81. The van der Waals surface area contributed by atoms with Crippen LogP contribution in [-0.2, 0) is 27.5 Å². The standard InChI is InChI=1S/C46H56FN3O7/c1-4-24-56-46-42(50(45(53)32-16-17-32)28-31-14-18-34(47)19-15-31)27-40(49-54-3)38-25-33(11-5-7-22-51)37(13-6-8-23-52)43(44(38)46)39-26-36(20-21-41(39)57-46)55-29-35-12-9-10-30(2)48-35/h4,9-10,12,14-15,18-21,25-26,32-33,37,42-44,51-52H,1,5-8,11,13,16-17,22-24,27-29H2,2-3H3. The third-order valence-corrected chi connectivity index (χ3v) is 12.0. The van der Waals surface area contributed by atoms with Crippen LogP contribution in [0.1, 0.15) is 86.2 Å².